The summed E-state index contributed by atoms with van der Waals surface area (Å²) in [4.78, 5) is 73.6. The van der Waals surface area contributed by atoms with E-state index in [0.717, 1.165) is 157 Å². The maximum absolute atomic E-state index is 14.6. The third kappa shape index (κ3) is 30.7. The molecule has 5 amide bonds. The first-order valence-electron chi connectivity index (χ1n) is 52.4. The molecule has 3 saturated carbocycles. The molecule has 0 spiro atoms. The van der Waals surface area contributed by atoms with Gasteiger partial charge in [-0.2, -0.15) is 0 Å². The van der Waals surface area contributed by atoms with Crippen molar-refractivity contribution in [1.29, 1.82) is 0 Å². The van der Waals surface area contributed by atoms with Gasteiger partial charge >= 0.3 is 0 Å². The van der Waals surface area contributed by atoms with Crippen LogP contribution in [0.4, 0.5) is 13.2 Å². The number of carbonyl (C=O) groups is 5. The van der Waals surface area contributed by atoms with Crippen LogP contribution in [0.15, 0.2) is 103 Å². The Balaban J connectivity index is 0.000000132. The number of nitrogens with zero attached hydrogens (tertiary/aromatic N) is 5. The van der Waals surface area contributed by atoms with Crippen LogP contribution in [-0.2, 0) is 114 Å². The molecule has 0 aromatic heterocycles. The zero-order chi connectivity index (χ0) is 105. The lowest BCUT2D eigenvalue weighted by Gasteiger charge is -2.42. The fraction of sp³-hybridized carbons (Fsp3) is 0.663. The number of benzene rings is 5. The number of fused-ring (bicyclic) bond motifs is 25. The van der Waals surface area contributed by atoms with Crippen LogP contribution in [0.25, 0.3) is 0 Å². The highest BCUT2D eigenvalue weighted by atomic mass is 32.2. The first kappa shape index (κ1) is 112. The largest absolute Gasteiger partial charge is 0.483 e. The number of hydrogen-bond acceptors (Lipinski definition) is 26. The average Bonchev–Trinajstić information content (AvgIpc) is 1.44. The van der Waals surface area contributed by atoms with Crippen molar-refractivity contribution in [2.75, 3.05) is 137 Å². The highest BCUT2D eigenvalue weighted by Gasteiger charge is 2.46. The van der Waals surface area contributed by atoms with Crippen molar-refractivity contribution in [1.82, 2.24) is 48.1 Å². The molecule has 148 heavy (non-hydrogen) atoms. The number of nitrogens with one attached hydrogen (secondary N) is 5. The van der Waals surface area contributed by atoms with Gasteiger partial charge in [0, 0.05) is 97.7 Å². The molecule has 5 N–H and O–H groups in total. The number of piperidine rings is 5. The molecular formula is C104H145F3N10O26S5. The Morgan fingerprint density at radius 3 is 0.926 bits per heavy atom. The van der Waals surface area contributed by atoms with E-state index in [0.29, 0.717) is 146 Å². The topological polar surface area (TPSA) is 434 Å². The van der Waals surface area contributed by atoms with Crippen molar-refractivity contribution in [3.8, 4) is 23.0 Å². The molecule has 36 nitrogen and oxygen atoms in total. The van der Waals surface area contributed by atoms with Crippen molar-refractivity contribution in [3.05, 3.63) is 154 Å². The molecule has 25 rings (SSSR count). The quantitative estimate of drug-likeness (QED) is 0.0868. The summed E-state index contributed by atoms with van der Waals surface area (Å²) in [6.07, 6.45) is 27.4. The average molecular weight is 2170 g/mol. The van der Waals surface area contributed by atoms with Gasteiger partial charge in [-0.3, -0.25) is 24.0 Å². The van der Waals surface area contributed by atoms with E-state index in [1.54, 1.807) is 25.7 Å². The van der Waals surface area contributed by atoms with Crippen LogP contribution in [0.1, 0.15) is 237 Å². The van der Waals surface area contributed by atoms with E-state index in [1.165, 1.54) is 29.5 Å². The van der Waals surface area contributed by atoms with Crippen molar-refractivity contribution < 1.29 is 131 Å². The van der Waals surface area contributed by atoms with Crippen LogP contribution >= 0.6 is 0 Å². The van der Waals surface area contributed by atoms with Crippen LogP contribution in [0.2, 0.25) is 0 Å². The molecule has 44 heteroatoms. The van der Waals surface area contributed by atoms with Crippen LogP contribution < -0.4 is 42.6 Å². The number of halogens is 3. The molecule has 14 atom stereocenters. The number of hydrogen-bond donors (Lipinski definition) is 5. The number of aryl methyl sites for hydroxylation is 1. The third-order valence-corrected chi connectivity index (χ3v) is 34.9. The molecule has 0 radical (unpaired) electrons. The Morgan fingerprint density at radius 2 is 0.574 bits per heavy atom. The Hall–Kier alpha value is -8.29. The van der Waals surface area contributed by atoms with Gasteiger partial charge in [0.15, 0.2) is 49.6 Å². The standard InChI is InChI=1S/C22H32N2O4S.C21H28F2N2O5S.C21H29FN2O5S.2C20H28N2O6S/c1-29(26,27)23-20-7-4-14-24-21(20)15-28-18-11-8-17(9-12-18)19-6-3-2-5-16(19)10-13-22(24)25;1-31(27,28)24-18-3-2-8-25-19(18)11-29-15-6-4-13(5-7-15)16-9-14(22)10-17(23)21(16)30-12-20(25)26;1-30(26,27)23-18-6-3-11-24-19(18)12-28-15-9-7-14(8-10-15)16-4-2-5-17(22)21(16)29-13-20(24)25;2*1-29(24,25)21-16-6-4-10-22-17(16)12-26-14-8-9-19(27-11-14)15-5-2-3-7-18(15)28-13-20(22)23/h2-3,5-6,17-18,20-21,23H,4,7-15H2,1H3;9-10,13,15,18-19,24H,2-8,11-12H2,1H3;2,4-5,14-15,18-19,23H,3,6-13H2,1H3;2*2-3,5,7,14,16-17,19,21H,4,6,8-13H2,1H3/t17?,18?,20-,21?;13?,15?,18-,19?;14?,15?,18-,19?;14-,16+,17?,19?;14-,16-,17?,19?/m00010/s1. The maximum atomic E-state index is 14.6. The lowest BCUT2D eigenvalue weighted by Crippen LogP contribution is -2.59. The SMILES string of the molecule is CS(=O)(=O)N[C@H]1CCCN2C(=O)CCc3ccccc3C3CCC(CC3)OCC12.CS(=O)(=O)N[C@H]1CCCN2C(=O)COc3c(F)cc(F)cc3C3CCC(CC3)OCC12.CS(=O)(=O)N[C@H]1CCCN2C(=O)COc3c(F)cccc3C3CCC(CC3)OCC12.CS(=O)(=O)N[C@H]1CCCN2C(=O)COc3ccccc3C3CC[C@@H](CO3)OCC12.CS(=O)(=O)N[C@H]1CCCN2C(=O)COc3ccccc3C3CC[C@H](CO3)OCC12. The Kier molecular flexibility index (Phi) is 38.5. The van der Waals surface area contributed by atoms with E-state index in [-0.39, 0.29) is 178 Å². The molecule has 17 aliphatic heterocycles. The minimum absolute atomic E-state index is 0.0439. The van der Waals surface area contributed by atoms with Crippen molar-refractivity contribution in [2.24, 2.45) is 0 Å². The predicted molar refractivity (Wildman–Crippen MR) is 543 cm³/mol. The monoisotopic (exact) mass is 2170 g/mol. The fourth-order valence-corrected chi connectivity index (χ4v) is 28.3. The highest BCUT2D eigenvalue weighted by molar-refractivity contribution is 7.89. The zero-order valence-corrected chi connectivity index (χ0v) is 89.1. The summed E-state index contributed by atoms with van der Waals surface area (Å²) in [5.41, 5.74) is 5.84. The molecule has 7 unspecified atom stereocenters. The van der Waals surface area contributed by atoms with Crippen molar-refractivity contribution in [2.45, 2.75) is 301 Å². The first-order chi connectivity index (χ1) is 70.7. The van der Waals surface area contributed by atoms with E-state index >= 15 is 0 Å². The summed E-state index contributed by atoms with van der Waals surface area (Å²) in [6.45, 7) is 4.17. The number of sulfonamides is 5. The summed E-state index contributed by atoms with van der Waals surface area (Å²) >= 11 is 0. The number of carbonyl (C=O) groups excluding carboxylic acids is 5. The van der Waals surface area contributed by atoms with Gasteiger partial charge in [-0.15, -0.1) is 0 Å². The van der Waals surface area contributed by atoms with Gasteiger partial charge in [0.05, 0.1) is 150 Å². The predicted octanol–water partition coefficient (Wildman–Crippen LogP) is 9.51. The first-order valence-corrected chi connectivity index (χ1v) is 61.9. The summed E-state index contributed by atoms with van der Waals surface area (Å²) in [5.74, 6) is -0.792. The lowest BCUT2D eigenvalue weighted by atomic mass is 9.80. The van der Waals surface area contributed by atoms with Crippen molar-refractivity contribution >= 4 is 79.7 Å². The van der Waals surface area contributed by atoms with Crippen LogP contribution in [0.5, 0.6) is 23.0 Å². The van der Waals surface area contributed by atoms with E-state index in [9.17, 15) is 79.2 Å². The Bertz CT molecular complexity index is 5660. The molecular weight excluding hydrogens is 2020 g/mol. The fourth-order valence-electron chi connectivity index (χ4n) is 24.1. The van der Waals surface area contributed by atoms with Gasteiger partial charge in [0.1, 0.15) is 17.3 Å². The molecule has 818 valence electrons. The third-order valence-electron chi connectivity index (χ3n) is 31.3. The van der Waals surface area contributed by atoms with Crippen molar-refractivity contribution in [3.63, 3.8) is 0 Å². The molecule has 17 heterocycles. The Morgan fingerprint density at radius 1 is 0.277 bits per heavy atom. The van der Waals surface area contributed by atoms with Gasteiger partial charge < -0.3 is 76.6 Å². The normalized spacial score (nSPS) is 30.6. The lowest BCUT2D eigenvalue weighted by molar-refractivity contribution is -0.142. The summed E-state index contributed by atoms with van der Waals surface area (Å²) in [5, 5.41) is 0. The van der Waals surface area contributed by atoms with Gasteiger partial charge in [-0.1, -0.05) is 72.8 Å². The smallest absolute Gasteiger partial charge is 0.260 e. The second-order valence-corrected chi connectivity index (χ2v) is 50.9. The number of para-hydroxylation sites is 3. The van der Waals surface area contributed by atoms with E-state index in [2.05, 4.69) is 47.9 Å². The second kappa shape index (κ2) is 50.7. The maximum Gasteiger partial charge on any atom is 0.260 e. The summed E-state index contributed by atoms with van der Waals surface area (Å²) in [6, 6.07) is 27.0. The molecule has 10 bridgehead atoms. The number of amides is 5. The van der Waals surface area contributed by atoms with Gasteiger partial charge in [0.2, 0.25) is 56.0 Å². The summed E-state index contributed by atoms with van der Waals surface area (Å²) in [7, 11) is -17.0. The van der Waals surface area contributed by atoms with Gasteiger partial charge in [-0.05, 0) is 227 Å². The molecule has 10 fully saturated rings. The highest BCUT2D eigenvalue weighted by Crippen LogP contribution is 2.46. The molecule has 20 aliphatic rings. The number of rotatable bonds is 10. The Labute approximate surface area is 868 Å². The van der Waals surface area contributed by atoms with E-state index in [1.807, 2.05) is 59.5 Å². The van der Waals surface area contributed by atoms with E-state index < -0.39 is 98.3 Å². The minimum atomic E-state index is -3.47. The van der Waals surface area contributed by atoms with E-state index in [4.69, 9.17) is 52.1 Å². The van der Waals surface area contributed by atoms with Crippen LogP contribution in [0.3, 0.4) is 0 Å². The zero-order valence-electron chi connectivity index (χ0n) is 85.0. The number of ether oxygens (including phenoxy) is 11. The van der Waals surface area contributed by atoms with Crippen LogP contribution in [-0.4, -0.2) is 324 Å². The molecule has 7 saturated heterocycles. The summed E-state index contributed by atoms with van der Waals surface area (Å²) < 4.78 is 241. The van der Waals surface area contributed by atoms with Crippen LogP contribution in [0, 0.1) is 17.5 Å². The minimum Gasteiger partial charge on any atom is -0.483 e. The van der Waals surface area contributed by atoms with Gasteiger partial charge in [-0.25, -0.2) is 78.9 Å². The molecule has 5 aromatic rings. The second-order valence-electron chi connectivity index (χ2n) is 42.0. The molecule has 3 aliphatic carbocycles. The van der Waals surface area contributed by atoms with Gasteiger partial charge in [0.25, 0.3) is 23.6 Å². The molecule has 5 aromatic carbocycles.